The van der Waals surface area contributed by atoms with Gasteiger partial charge >= 0.3 is 5.97 Å². The Morgan fingerprint density at radius 1 is 1.33 bits per heavy atom. The lowest BCUT2D eigenvalue weighted by Gasteiger charge is -2.52. The summed E-state index contributed by atoms with van der Waals surface area (Å²) in [5, 5.41) is 0. The van der Waals surface area contributed by atoms with Gasteiger partial charge in [0.1, 0.15) is 0 Å². The second-order valence-electron chi connectivity index (χ2n) is 9.19. The zero-order chi connectivity index (χ0) is 21.6. The molecular formula is C25H31NO4. The maximum Gasteiger partial charge on any atom is 0.336 e. The van der Waals surface area contributed by atoms with Crippen LogP contribution in [0, 0.1) is 5.92 Å². The maximum atomic E-state index is 12.9. The summed E-state index contributed by atoms with van der Waals surface area (Å²) in [7, 11) is 4.24. The van der Waals surface area contributed by atoms with Crippen molar-refractivity contribution in [1.82, 2.24) is 4.90 Å². The number of nitrogens with zero attached hydrogens (tertiary/aromatic N) is 1. The SMILES string of the molecule is CC[C@]12c3c4ccc(OC(=O)/C=C/C=C(C)C)c3O[C@H]1C(=O)CC[C@H]2[C@H](N(C)C)C4. The summed E-state index contributed by atoms with van der Waals surface area (Å²) in [6.45, 7) is 6.08. The number of esters is 1. The molecular weight excluding hydrogens is 378 g/mol. The molecule has 5 nitrogen and oxygen atoms in total. The molecule has 0 aromatic heterocycles. The van der Waals surface area contributed by atoms with Crippen LogP contribution < -0.4 is 9.47 Å². The van der Waals surface area contributed by atoms with E-state index in [1.54, 1.807) is 6.08 Å². The first-order chi connectivity index (χ1) is 14.3. The Bertz CT molecular complexity index is 941. The number of hydrogen-bond donors (Lipinski definition) is 0. The highest BCUT2D eigenvalue weighted by atomic mass is 16.6. The van der Waals surface area contributed by atoms with Crippen LogP contribution in [-0.4, -0.2) is 42.9 Å². The average molecular weight is 410 g/mol. The first kappa shape index (κ1) is 20.9. The van der Waals surface area contributed by atoms with E-state index in [0.29, 0.717) is 29.9 Å². The van der Waals surface area contributed by atoms with Crippen LogP contribution in [0.25, 0.3) is 0 Å². The molecule has 0 unspecified atom stereocenters. The van der Waals surface area contributed by atoms with Crippen LogP contribution >= 0.6 is 0 Å². The fraction of sp³-hybridized carbons (Fsp3) is 0.520. The van der Waals surface area contributed by atoms with Gasteiger partial charge in [0.25, 0.3) is 0 Å². The summed E-state index contributed by atoms with van der Waals surface area (Å²) in [4.78, 5) is 27.6. The molecule has 1 aromatic carbocycles. The average Bonchev–Trinajstić information content (AvgIpc) is 3.06. The zero-order valence-corrected chi connectivity index (χ0v) is 18.5. The number of carbonyl (C=O) groups excluding carboxylic acids is 2. The van der Waals surface area contributed by atoms with Crippen LogP contribution in [0.15, 0.2) is 35.9 Å². The monoisotopic (exact) mass is 409 g/mol. The fourth-order valence-electron chi connectivity index (χ4n) is 5.79. The molecule has 160 valence electrons. The minimum absolute atomic E-state index is 0.162. The van der Waals surface area contributed by atoms with E-state index >= 15 is 0 Å². The molecule has 3 aliphatic rings. The summed E-state index contributed by atoms with van der Waals surface area (Å²) < 4.78 is 12.0. The van der Waals surface area contributed by atoms with Gasteiger partial charge in [0.15, 0.2) is 23.4 Å². The predicted octanol–water partition coefficient (Wildman–Crippen LogP) is 3.99. The standard InChI is InChI=1S/C25H31NO4/c1-6-25-17-11-12-19(27)24(25)30-23-20(29-21(28)9-7-8-15(2)3)13-10-16(22(23)25)14-18(17)26(4)5/h7-10,13,17-18,24H,6,11-12,14H2,1-5H3/b9-7+/t17-,18+,24-,25-/m0/s1. The van der Waals surface area contributed by atoms with Crippen LogP contribution in [0.3, 0.4) is 0 Å². The van der Waals surface area contributed by atoms with Crippen molar-refractivity contribution in [2.45, 2.75) is 64.0 Å². The van der Waals surface area contributed by atoms with E-state index in [2.05, 4.69) is 32.0 Å². The van der Waals surface area contributed by atoms with Crippen molar-refractivity contribution in [3.63, 3.8) is 0 Å². The lowest BCUT2D eigenvalue weighted by Crippen LogP contribution is -2.60. The van der Waals surface area contributed by atoms with Crippen molar-refractivity contribution in [1.29, 1.82) is 0 Å². The van der Waals surface area contributed by atoms with E-state index in [0.717, 1.165) is 30.4 Å². The van der Waals surface area contributed by atoms with Gasteiger partial charge in [0.05, 0.1) is 0 Å². The normalized spacial score (nSPS) is 29.0. The molecule has 1 aromatic rings. The van der Waals surface area contributed by atoms with E-state index < -0.39 is 12.1 Å². The highest BCUT2D eigenvalue weighted by Crippen LogP contribution is 2.61. The van der Waals surface area contributed by atoms with E-state index in [4.69, 9.17) is 9.47 Å². The van der Waals surface area contributed by atoms with Gasteiger partial charge in [-0.05, 0) is 64.8 Å². The molecule has 1 heterocycles. The summed E-state index contributed by atoms with van der Waals surface area (Å²) >= 11 is 0. The van der Waals surface area contributed by atoms with Crippen LogP contribution in [0.4, 0.5) is 0 Å². The van der Waals surface area contributed by atoms with Gasteiger partial charge < -0.3 is 14.4 Å². The summed E-state index contributed by atoms with van der Waals surface area (Å²) in [6.07, 6.45) is 7.64. The number of rotatable bonds is 5. The van der Waals surface area contributed by atoms with E-state index in [9.17, 15) is 9.59 Å². The van der Waals surface area contributed by atoms with Crippen molar-refractivity contribution in [2.75, 3.05) is 14.1 Å². The first-order valence-corrected chi connectivity index (χ1v) is 10.8. The Kier molecular flexibility index (Phi) is 5.35. The number of benzene rings is 1. The largest absolute Gasteiger partial charge is 0.477 e. The maximum absolute atomic E-state index is 12.9. The van der Waals surface area contributed by atoms with Gasteiger partial charge in [-0.3, -0.25) is 4.79 Å². The summed E-state index contributed by atoms with van der Waals surface area (Å²) in [5.41, 5.74) is 3.07. The Balaban J connectivity index is 1.78. The third-order valence-corrected chi connectivity index (χ3v) is 7.05. The Morgan fingerprint density at radius 3 is 2.77 bits per heavy atom. The lowest BCUT2D eigenvalue weighted by atomic mass is 9.53. The second-order valence-corrected chi connectivity index (χ2v) is 9.19. The zero-order valence-electron chi connectivity index (χ0n) is 18.5. The third kappa shape index (κ3) is 3.11. The number of carbonyl (C=O) groups is 2. The van der Waals surface area contributed by atoms with Gasteiger partial charge in [-0.1, -0.05) is 30.7 Å². The Hall–Kier alpha value is -2.40. The minimum Gasteiger partial charge on any atom is -0.477 e. The predicted molar refractivity (Wildman–Crippen MR) is 116 cm³/mol. The van der Waals surface area contributed by atoms with E-state index in [1.165, 1.54) is 11.6 Å². The van der Waals surface area contributed by atoms with Gasteiger partial charge in [0.2, 0.25) is 0 Å². The first-order valence-electron chi connectivity index (χ1n) is 10.8. The second kappa shape index (κ2) is 7.69. The van der Waals surface area contributed by atoms with Gasteiger partial charge in [-0.15, -0.1) is 0 Å². The third-order valence-electron chi connectivity index (χ3n) is 7.05. The van der Waals surface area contributed by atoms with Crippen molar-refractivity contribution >= 4 is 11.8 Å². The van der Waals surface area contributed by atoms with Gasteiger partial charge in [-0.25, -0.2) is 4.79 Å². The molecule has 1 fully saturated rings. The molecule has 0 radical (unpaired) electrons. The molecule has 1 aliphatic heterocycles. The van der Waals surface area contributed by atoms with Crippen LogP contribution in [0.5, 0.6) is 11.5 Å². The molecule has 0 saturated heterocycles. The molecule has 1 saturated carbocycles. The molecule has 0 spiro atoms. The Morgan fingerprint density at radius 2 is 2.10 bits per heavy atom. The van der Waals surface area contributed by atoms with Gasteiger partial charge in [0, 0.05) is 29.5 Å². The summed E-state index contributed by atoms with van der Waals surface area (Å²) in [5.74, 6) is 1.07. The smallest absolute Gasteiger partial charge is 0.336 e. The van der Waals surface area contributed by atoms with E-state index in [-0.39, 0.29) is 11.2 Å². The molecule has 4 rings (SSSR count). The topological polar surface area (TPSA) is 55.8 Å². The van der Waals surface area contributed by atoms with Gasteiger partial charge in [-0.2, -0.15) is 0 Å². The highest BCUT2D eigenvalue weighted by molar-refractivity contribution is 5.90. The quantitative estimate of drug-likeness (QED) is 0.319. The number of Topliss-reactive ketones (excluding diaryl/α,β-unsaturated/α-hetero) is 1. The minimum atomic E-state index is -0.487. The van der Waals surface area contributed by atoms with Crippen LogP contribution in [-0.2, 0) is 21.4 Å². The number of likely N-dealkylation sites (N-methyl/N-ethyl adjacent to an activating group) is 1. The van der Waals surface area contributed by atoms with E-state index in [1.807, 2.05) is 26.0 Å². The number of allylic oxidation sites excluding steroid dienone is 3. The number of ketones is 1. The van der Waals surface area contributed by atoms with Crippen LogP contribution in [0.2, 0.25) is 0 Å². The molecule has 0 bridgehead atoms. The van der Waals surface area contributed by atoms with Crippen molar-refractivity contribution in [3.05, 3.63) is 47.1 Å². The highest BCUT2D eigenvalue weighted by Gasteiger charge is 2.63. The van der Waals surface area contributed by atoms with Crippen molar-refractivity contribution in [3.8, 4) is 11.5 Å². The van der Waals surface area contributed by atoms with Crippen molar-refractivity contribution < 1.29 is 19.1 Å². The van der Waals surface area contributed by atoms with Crippen LogP contribution in [0.1, 0.15) is 51.2 Å². The molecule has 2 aliphatic carbocycles. The lowest BCUT2D eigenvalue weighted by molar-refractivity contribution is -0.135. The molecule has 0 N–H and O–H groups in total. The molecule has 4 atom stereocenters. The van der Waals surface area contributed by atoms with Crippen molar-refractivity contribution in [2.24, 2.45) is 5.92 Å². The Labute approximate surface area is 178 Å². The molecule has 30 heavy (non-hydrogen) atoms. The summed E-state index contributed by atoms with van der Waals surface area (Å²) in [6, 6.07) is 4.23. The molecule has 5 heteroatoms. The molecule has 0 amide bonds. The number of ether oxygens (including phenoxy) is 2. The fourth-order valence-corrected chi connectivity index (χ4v) is 5.79. The number of hydrogen-bond acceptors (Lipinski definition) is 5.